The van der Waals surface area contributed by atoms with Gasteiger partial charge in [0, 0.05) is 6.42 Å². The number of benzene rings is 1. The SMILES string of the molecule is Cc1ccc2c(c1C(=O)CCN)OCO2. The number of ether oxygens (including phenoxy) is 2. The largest absolute Gasteiger partial charge is 0.454 e. The van der Waals surface area contributed by atoms with Crippen LogP contribution in [-0.2, 0) is 0 Å². The number of Topliss-reactive ketones (excluding diaryl/α,β-unsaturated/α-hetero) is 1. The third-order valence-electron chi connectivity index (χ3n) is 2.40. The van der Waals surface area contributed by atoms with Crippen LogP contribution in [-0.4, -0.2) is 19.1 Å². The molecule has 0 amide bonds. The first-order chi connectivity index (χ1) is 7.24. The van der Waals surface area contributed by atoms with Crippen LogP contribution in [0.25, 0.3) is 0 Å². The predicted molar refractivity (Wildman–Crippen MR) is 55.3 cm³/mol. The molecule has 1 heterocycles. The van der Waals surface area contributed by atoms with E-state index in [0.29, 0.717) is 30.0 Å². The van der Waals surface area contributed by atoms with Gasteiger partial charge in [-0.2, -0.15) is 0 Å². The summed E-state index contributed by atoms with van der Waals surface area (Å²) in [4.78, 5) is 11.8. The number of nitrogens with two attached hydrogens (primary N) is 1. The molecule has 4 nitrogen and oxygen atoms in total. The highest BCUT2D eigenvalue weighted by atomic mass is 16.7. The Morgan fingerprint density at radius 2 is 2.27 bits per heavy atom. The number of carbonyl (C=O) groups is 1. The van der Waals surface area contributed by atoms with E-state index in [1.165, 1.54) is 0 Å². The molecule has 0 radical (unpaired) electrons. The van der Waals surface area contributed by atoms with Crippen LogP contribution in [0.5, 0.6) is 11.5 Å². The summed E-state index contributed by atoms with van der Waals surface area (Å²) in [7, 11) is 0. The van der Waals surface area contributed by atoms with Crippen LogP contribution in [0.1, 0.15) is 22.3 Å². The van der Waals surface area contributed by atoms with Crippen molar-refractivity contribution in [1.82, 2.24) is 0 Å². The predicted octanol–water partition coefficient (Wildman–Crippen LogP) is 1.26. The van der Waals surface area contributed by atoms with Gasteiger partial charge in [-0.25, -0.2) is 0 Å². The van der Waals surface area contributed by atoms with Crippen LogP contribution in [0, 0.1) is 6.92 Å². The molecule has 0 aliphatic carbocycles. The number of hydrogen-bond donors (Lipinski definition) is 1. The lowest BCUT2D eigenvalue weighted by atomic mass is 10.0. The van der Waals surface area contributed by atoms with Gasteiger partial charge in [-0.1, -0.05) is 6.07 Å². The van der Waals surface area contributed by atoms with Gasteiger partial charge in [0.2, 0.25) is 6.79 Å². The lowest BCUT2D eigenvalue weighted by Crippen LogP contribution is -2.10. The third kappa shape index (κ3) is 1.68. The number of hydrogen-bond acceptors (Lipinski definition) is 4. The second kappa shape index (κ2) is 3.90. The van der Waals surface area contributed by atoms with Crippen LogP contribution in [0.4, 0.5) is 0 Å². The molecule has 1 aromatic carbocycles. The summed E-state index contributed by atoms with van der Waals surface area (Å²) < 4.78 is 10.5. The number of ketones is 1. The Morgan fingerprint density at radius 1 is 1.47 bits per heavy atom. The average Bonchev–Trinajstić information content (AvgIpc) is 2.65. The quantitative estimate of drug-likeness (QED) is 0.758. The first kappa shape index (κ1) is 9.98. The van der Waals surface area contributed by atoms with Crippen molar-refractivity contribution in [3.63, 3.8) is 0 Å². The number of carbonyl (C=O) groups excluding carboxylic acids is 1. The van der Waals surface area contributed by atoms with Crippen LogP contribution in [0.15, 0.2) is 12.1 Å². The molecule has 0 spiro atoms. The molecule has 4 heteroatoms. The normalized spacial score (nSPS) is 12.9. The van der Waals surface area contributed by atoms with E-state index in [9.17, 15) is 4.79 Å². The molecule has 80 valence electrons. The maximum absolute atomic E-state index is 11.8. The van der Waals surface area contributed by atoms with Crippen LogP contribution in [0.2, 0.25) is 0 Å². The Bertz CT molecular complexity index is 401. The fourth-order valence-corrected chi connectivity index (χ4v) is 1.67. The Balaban J connectivity index is 2.45. The Kier molecular flexibility index (Phi) is 2.60. The molecule has 1 aromatic rings. The van der Waals surface area contributed by atoms with Crippen LogP contribution in [0.3, 0.4) is 0 Å². The van der Waals surface area contributed by atoms with E-state index in [1.807, 2.05) is 19.1 Å². The van der Waals surface area contributed by atoms with Crippen molar-refractivity contribution >= 4 is 5.78 Å². The zero-order valence-corrected chi connectivity index (χ0v) is 8.58. The molecular weight excluding hydrogens is 194 g/mol. The van der Waals surface area contributed by atoms with Gasteiger partial charge in [-0.05, 0) is 25.1 Å². The molecule has 0 bridgehead atoms. The van der Waals surface area contributed by atoms with Crippen LogP contribution >= 0.6 is 0 Å². The van der Waals surface area contributed by atoms with E-state index in [2.05, 4.69) is 0 Å². The van der Waals surface area contributed by atoms with Crippen molar-refractivity contribution in [1.29, 1.82) is 0 Å². The summed E-state index contributed by atoms with van der Waals surface area (Å²) in [5, 5.41) is 0. The molecule has 2 N–H and O–H groups in total. The minimum Gasteiger partial charge on any atom is -0.454 e. The molecular formula is C11H13NO3. The summed E-state index contributed by atoms with van der Waals surface area (Å²) in [6.07, 6.45) is 0.334. The zero-order valence-electron chi connectivity index (χ0n) is 8.58. The van der Waals surface area contributed by atoms with E-state index in [-0.39, 0.29) is 12.6 Å². The van der Waals surface area contributed by atoms with Gasteiger partial charge in [0.25, 0.3) is 0 Å². The number of aryl methyl sites for hydroxylation is 1. The molecule has 1 aliphatic heterocycles. The standard InChI is InChI=1S/C11H13NO3/c1-7-2-3-9-11(15-6-14-9)10(7)8(13)4-5-12/h2-3H,4-6,12H2,1H3. The summed E-state index contributed by atoms with van der Waals surface area (Å²) >= 11 is 0. The highest BCUT2D eigenvalue weighted by Crippen LogP contribution is 2.37. The molecule has 0 saturated carbocycles. The minimum atomic E-state index is 0.0114. The monoisotopic (exact) mass is 207 g/mol. The summed E-state index contributed by atoms with van der Waals surface area (Å²) in [5.74, 6) is 1.21. The molecule has 15 heavy (non-hydrogen) atoms. The molecule has 2 rings (SSSR count). The smallest absolute Gasteiger partial charge is 0.231 e. The Hall–Kier alpha value is -1.55. The van der Waals surface area contributed by atoms with Gasteiger partial charge in [0.1, 0.15) is 0 Å². The second-order valence-electron chi connectivity index (χ2n) is 3.45. The molecule has 1 aliphatic rings. The van der Waals surface area contributed by atoms with Crippen molar-refractivity contribution in [2.45, 2.75) is 13.3 Å². The average molecular weight is 207 g/mol. The van der Waals surface area contributed by atoms with Gasteiger partial charge in [-0.15, -0.1) is 0 Å². The van der Waals surface area contributed by atoms with Gasteiger partial charge >= 0.3 is 0 Å². The number of fused-ring (bicyclic) bond motifs is 1. The second-order valence-corrected chi connectivity index (χ2v) is 3.45. The molecule has 0 atom stereocenters. The minimum absolute atomic E-state index is 0.0114. The van der Waals surface area contributed by atoms with E-state index in [1.54, 1.807) is 0 Å². The maximum atomic E-state index is 11.8. The molecule has 0 fully saturated rings. The van der Waals surface area contributed by atoms with Crippen molar-refractivity contribution in [2.75, 3.05) is 13.3 Å². The summed E-state index contributed by atoms with van der Waals surface area (Å²) in [6, 6.07) is 3.67. The highest BCUT2D eigenvalue weighted by Gasteiger charge is 2.23. The van der Waals surface area contributed by atoms with Gasteiger partial charge in [0.15, 0.2) is 17.3 Å². The van der Waals surface area contributed by atoms with E-state index in [4.69, 9.17) is 15.2 Å². The Morgan fingerprint density at radius 3 is 3.00 bits per heavy atom. The molecule has 0 unspecified atom stereocenters. The Labute approximate surface area is 88.0 Å². The van der Waals surface area contributed by atoms with Gasteiger partial charge in [0.05, 0.1) is 5.56 Å². The van der Waals surface area contributed by atoms with E-state index < -0.39 is 0 Å². The first-order valence-electron chi connectivity index (χ1n) is 4.86. The van der Waals surface area contributed by atoms with E-state index in [0.717, 1.165) is 5.56 Å². The van der Waals surface area contributed by atoms with Gasteiger partial charge < -0.3 is 15.2 Å². The number of rotatable bonds is 3. The molecule has 0 saturated heterocycles. The van der Waals surface area contributed by atoms with Gasteiger partial charge in [-0.3, -0.25) is 4.79 Å². The van der Waals surface area contributed by atoms with Crippen molar-refractivity contribution in [3.8, 4) is 11.5 Å². The lowest BCUT2D eigenvalue weighted by molar-refractivity contribution is 0.0980. The van der Waals surface area contributed by atoms with Crippen molar-refractivity contribution in [2.24, 2.45) is 5.73 Å². The molecule has 0 aromatic heterocycles. The maximum Gasteiger partial charge on any atom is 0.231 e. The van der Waals surface area contributed by atoms with Crippen LogP contribution < -0.4 is 15.2 Å². The lowest BCUT2D eigenvalue weighted by Gasteiger charge is -2.07. The van der Waals surface area contributed by atoms with Crippen molar-refractivity contribution < 1.29 is 14.3 Å². The van der Waals surface area contributed by atoms with E-state index >= 15 is 0 Å². The van der Waals surface area contributed by atoms with Crippen molar-refractivity contribution in [3.05, 3.63) is 23.3 Å². The third-order valence-corrected chi connectivity index (χ3v) is 2.40. The topological polar surface area (TPSA) is 61.6 Å². The fraction of sp³-hybridized carbons (Fsp3) is 0.364. The summed E-state index contributed by atoms with van der Waals surface area (Å²) in [5.41, 5.74) is 6.88. The first-order valence-corrected chi connectivity index (χ1v) is 4.86. The summed E-state index contributed by atoms with van der Waals surface area (Å²) in [6.45, 7) is 2.41. The highest BCUT2D eigenvalue weighted by molar-refractivity contribution is 6.01. The zero-order chi connectivity index (χ0) is 10.8. The fourth-order valence-electron chi connectivity index (χ4n) is 1.67.